The van der Waals surface area contributed by atoms with E-state index in [0.29, 0.717) is 16.3 Å². The van der Waals surface area contributed by atoms with Crippen molar-refractivity contribution < 1.29 is 9.18 Å². The molecule has 0 aliphatic rings. The maximum absolute atomic E-state index is 13.8. The van der Waals surface area contributed by atoms with Crippen LogP contribution in [0.4, 0.5) is 10.1 Å². The van der Waals surface area contributed by atoms with Gasteiger partial charge < -0.3 is 10.3 Å². The Balaban J connectivity index is 1.84. The smallest absolute Gasteiger partial charge is 0.290 e. The highest BCUT2D eigenvalue weighted by atomic mass is 35.5. The van der Waals surface area contributed by atoms with Crippen molar-refractivity contribution in [3.05, 3.63) is 91.7 Å². The number of hydrogen-bond acceptors (Lipinski definition) is 3. The molecule has 140 valence electrons. The Hall–Kier alpha value is -3.65. The van der Waals surface area contributed by atoms with Crippen LogP contribution in [0.1, 0.15) is 10.4 Å². The van der Waals surface area contributed by atoms with Gasteiger partial charge in [-0.2, -0.15) is 4.52 Å². The van der Waals surface area contributed by atoms with E-state index in [2.05, 4.69) is 15.4 Å². The van der Waals surface area contributed by atoms with Gasteiger partial charge in [-0.3, -0.25) is 19.5 Å². The Morgan fingerprint density at radius 3 is 2.61 bits per heavy atom. The molecule has 0 radical (unpaired) electrons. The first kappa shape index (κ1) is 17.7. The predicted molar refractivity (Wildman–Crippen MR) is 103 cm³/mol. The van der Waals surface area contributed by atoms with Crippen molar-refractivity contribution in [1.82, 2.24) is 14.6 Å². The standard InChI is InChI=1S/C19H12ClFN4O3/c20-11-5-3-4-10(8-11)14-9-15(26)25-17(22-14)16(19(28)24-25)23-18(27)12-6-1-2-7-13(12)21/h1-9,22H,(H,23,27)(H,24,28). The molecule has 2 aromatic heterocycles. The average molecular weight is 399 g/mol. The predicted octanol–water partition coefficient (Wildman–Crippen LogP) is 3.03. The highest BCUT2D eigenvalue weighted by Crippen LogP contribution is 2.21. The van der Waals surface area contributed by atoms with Gasteiger partial charge in [0.1, 0.15) is 5.82 Å². The Morgan fingerprint density at radius 2 is 1.86 bits per heavy atom. The molecule has 2 heterocycles. The van der Waals surface area contributed by atoms with E-state index in [9.17, 15) is 18.8 Å². The van der Waals surface area contributed by atoms with E-state index in [-0.39, 0.29) is 16.9 Å². The largest absolute Gasteiger partial charge is 0.338 e. The SMILES string of the molecule is O=C(Nc1c(=O)[nH]n2c(=O)cc(-c3cccc(Cl)c3)[nH]c12)c1ccccc1F. The van der Waals surface area contributed by atoms with Gasteiger partial charge in [0, 0.05) is 11.1 Å². The zero-order valence-corrected chi connectivity index (χ0v) is 14.9. The van der Waals surface area contributed by atoms with Crippen LogP contribution in [0.25, 0.3) is 16.9 Å². The first-order chi connectivity index (χ1) is 13.4. The molecule has 0 atom stereocenters. The quantitative estimate of drug-likeness (QED) is 0.494. The number of amides is 1. The Bertz CT molecular complexity index is 1340. The minimum atomic E-state index is -0.814. The van der Waals surface area contributed by atoms with Crippen LogP contribution in [0.15, 0.2) is 64.2 Å². The van der Waals surface area contributed by atoms with E-state index in [0.717, 1.165) is 10.6 Å². The minimum absolute atomic E-state index is 0.0390. The van der Waals surface area contributed by atoms with Gasteiger partial charge in [-0.15, -0.1) is 0 Å². The number of carbonyl (C=O) groups is 1. The van der Waals surface area contributed by atoms with Gasteiger partial charge in [0.25, 0.3) is 17.0 Å². The highest BCUT2D eigenvalue weighted by molar-refractivity contribution is 6.30. The van der Waals surface area contributed by atoms with Crippen LogP contribution in [0.5, 0.6) is 0 Å². The minimum Gasteiger partial charge on any atom is -0.338 e. The van der Waals surface area contributed by atoms with E-state index in [4.69, 9.17) is 11.6 Å². The molecule has 4 aromatic rings. The summed E-state index contributed by atoms with van der Waals surface area (Å²) in [6, 6.07) is 13.4. The maximum atomic E-state index is 13.8. The van der Waals surface area contributed by atoms with Gasteiger partial charge >= 0.3 is 0 Å². The van der Waals surface area contributed by atoms with Crippen molar-refractivity contribution in [2.75, 3.05) is 5.32 Å². The van der Waals surface area contributed by atoms with E-state index < -0.39 is 22.8 Å². The van der Waals surface area contributed by atoms with Gasteiger partial charge in [-0.1, -0.05) is 35.9 Å². The van der Waals surface area contributed by atoms with Crippen molar-refractivity contribution in [3.8, 4) is 11.3 Å². The van der Waals surface area contributed by atoms with Crippen molar-refractivity contribution >= 4 is 28.8 Å². The first-order valence-corrected chi connectivity index (χ1v) is 8.52. The van der Waals surface area contributed by atoms with Crippen LogP contribution in [0.2, 0.25) is 5.02 Å². The number of benzene rings is 2. The number of hydrogen-bond donors (Lipinski definition) is 3. The zero-order valence-electron chi connectivity index (χ0n) is 14.1. The molecule has 0 bridgehead atoms. The summed E-state index contributed by atoms with van der Waals surface area (Å²) in [5.41, 5.74) is -0.602. The lowest BCUT2D eigenvalue weighted by Crippen LogP contribution is -2.18. The summed E-state index contributed by atoms with van der Waals surface area (Å²) in [6.45, 7) is 0. The summed E-state index contributed by atoms with van der Waals surface area (Å²) in [5.74, 6) is -1.54. The summed E-state index contributed by atoms with van der Waals surface area (Å²) >= 11 is 5.99. The monoisotopic (exact) mass is 398 g/mol. The van der Waals surface area contributed by atoms with Crippen molar-refractivity contribution in [1.29, 1.82) is 0 Å². The fraction of sp³-hybridized carbons (Fsp3) is 0. The molecule has 28 heavy (non-hydrogen) atoms. The van der Waals surface area contributed by atoms with Crippen LogP contribution in [-0.4, -0.2) is 20.5 Å². The number of rotatable bonds is 3. The van der Waals surface area contributed by atoms with E-state index in [1.165, 1.54) is 24.3 Å². The number of H-pyrrole nitrogens is 2. The Kier molecular flexibility index (Phi) is 4.32. The number of aromatic amines is 2. The molecular formula is C19H12ClFN4O3. The number of halogens is 2. The van der Waals surface area contributed by atoms with E-state index in [1.807, 2.05) is 0 Å². The van der Waals surface area contributed by atoms with Crippen LogP contribution < -0.4 is 16.4 Å². The van der Waals surface area contributed by atoms with Gasteiger partial charge in [0.2, 0.25) is 0 Å². The number of nitrogens with one attached hydrogen (secondary N) is 3. The van der Waals surface area contributed by atoms with E-state index >= 15 is 0 Å². The topological polar surface area (TPSA) is 99.2 Å². The molecule has 0 fully saturated rings. The number of carbonyl (C=O) groups excluding carboxylic acids is 1. The highest BCUT2D eigenvalue weighted by Gasteiger charge is 2.18. The lowest BCUT2D eigenvalue weighted by molar-refractivity contribution is 0.102. The Labute approximate surface area is 161 Å². The number of nitrogens with zero attached hydrogens (tertiary/aromatic N) is 1. The van der Waals surface area contributed by atoms with Gasteiger partial charge in [0.15, 0.2) is 11.3 Å². The number of fused-ring (bicyclic) bond motifs is 1. The fourth-order valence-electron chi connectivity index (χ4n) is 2.82. The van der Waals surface area contributed by atoms with Crippen LogP contribution in [0, 0.1) is 5.82 Å². The second-order valence-electron chi connectivity index (χ2n) is 5.97. The van der Waals surface area contributed by atoms with Gasteiger partial charge in [0.05, 0.1) is 11.3 Å². The van der Waals surface area contributed by atoms with Gasteiger partial charge in [-0.05, 0) is 29.8 Å². The molecule has 0 aliphatic heterocycles. The molecular weight excluding hydrogens is 387 g/mol. The molecule has 0 saturated carbocycles. The van der Waals surface area contributed by atoms with Crippen LogP contribution in [-0.2, 0) is 0 Å². The molecule has 4 rings (SSSR count). The second-order valence-corrected chi connectivity index (χ2v) is 6.40. The summed E-state index contributed by atoms with van der Waals surface area (Å²) in [7, 11) is 0. The summed E-state index contributed by atoms with van der Waals surface area (Å²) < 4.78 is 14.8. The molecule has 1 amide bonds. The first-order valence-electron chi connectivity index (χ1n) is 8.14. The third kappa shape index (κ3) is 3.10. The molecule has 0 saturated heterocycles. The maximum Gasteiger partial charge on any atom is 0.290 e. The van der Waals surface area contributed by atoms with Crippen molar-refractivity contribution in [3.63, 3.8) is 0 Å². The van der Waals surface area contributed by atoms with Crippen molar-refractivity contribution in [2.45, 2.75) is 0 Å². The van der Waals surface area contributed by atoms with Crippen LogP contribution in [0.3, 0.4) is 0 Å². The third-order valence-corrected chi connectivity index (χ3v) is 4.37. The zero-order chi connectivity index (χ0) is 19.8. The number of anilines is 1. The fourth-order valence-corrected chi connectivity index (χ4v) is 3.01. The third-order valence-electron chi connectivity index (χ3n) is 4.13. The summed E-state index contributed by atoms with van der Waals surface area (Å²) in [5, 5.41) is 5.18. The lowest BCUT2D eigenvalue weighted by Gasteiger charge is -2.06. The molecule has 9 heteroatoms. The molecule has 2 aromatic carbocycles. The molecule has 0 aliphatic carbocycles. The normalized spacial score (nSPS) is 10.9. The molecule has 0 spiro atoms. The lowest BCUT2D eigenvalue weighted by atomic mass is 10.1. The summed E-state index contributed by atoms with van der Waals surface area (Å²) in [4.78, 5) is 40.0. The van der Waals surface area contributed by atoms with Gasteiger partial charge in [-0.25, -0.2) is 4.39 Å². The number of aromatic nitrogens is 3. The average Bonchev–Trinajstić information content (AvgIpc) is 2.98. The van der Waals surface area contributed by atoms with Crippen molar-refractivity contribution in [2.24, 2.45) is 0 Å². The summed E-state index contributed by atoms with van der Waals surface area (Å²) in [6.07, 6.45) is 0. The van der Waals surface area contributed by atoms with E-state index in [1.54, 1.807) is 24.3 Å². The molecule has 3 N–H and O–H groups in total. The molecule has 0 unspecified atom stereocenters. The van der Waals surface area contributed by atoms with Crippen LogP contribution >= 0.6 is 11.6 Å². The Morgan fingerprint density at radius 1 is 1.07 bits per heavy atom. The second kappa shape index (κ2) is 6.82. The molecule has 7 nitrogen and oxygen atoms in total.